The molecule has 0 spiro atoms. The highest BCUT2D eigenvalue weighted by atomic mass is 16.5. The van der Waals surface area contributed by atoms with Gasteiger partial charge in [-0.3, -0.25) is 14.4 Å². The van der Waals surface area contributed by atoms with Gasteiger partial charge in [-0.1, -0.05) is 12.1 Å². The lowest BCUT2D eigenvalue weighted by Crippen LogP contribution is -2.60. The monoisotopic (exact) mass is 401 g/mol. The zero-order chi connectivity index (χ0) is 20.8. The Morgan fingerprint density at radius 3 is 2.69 bits per heavy atom. The van der Waals surface area contributed by atoms with Crippen molar-refractivity contribution in [3.05, 3.63) is 35.4 Å². The molecule has 2 fully saturated rings. The van der Waals surface area contributed by atoms with E-state index in [9.17, 15) is 14.4 Å². The molecule has 1 atom stereocenters. The highest BCUT2D eigenvalue weighted by Crippen LogP contribution is 2.24. The van der Waals surface area contributed by atoms with Gasteiger partial charge in [0.15, 0.2) is 0 Å². The number of amides is 3. The SMILES string of the molecule is CC(C)OCCCNC(=O)c1ccc(CN2CC(=O)N3CCCCC3C2=O)cc1. The third kappa shape index (κ3) is 5.56. The molecule has 3 amide bonds. The Balaban J connectivity index is 1.50. The van der Waals surface area contributed by atoms with Gasteiger partial charge in [0.2, 0.25) is 11.8 Å². The summed E-state index contributed by atoms with van der Waals surface area (Å²) >= 11 is 0. The molecule has 2 aliphatic heterocycles. The lowest BCUT2D eigenvalue weighted by atomic mass is 9.98. The van der Waals surface area contributed by atoms with Gasteiger partial charge in [-0.05, 0) is 57.2 Å². The van der Waals surface area contributed by atoms with Crippen molar-refractivity contribution in [2.75, 3.05) is 26.2 Å². The predicted octanol–water partition coefficient (Wildman–Crippen LogP) is 1.95. The van der Waals surface area contributed by atoms with Crippen LogP contribution in [-0.4, -0.2) is 65.9 Å². The molecule has 7 heteroatoms. The average Bonchev–Trinajstić information content (AvgIpc) is 2.72. The standard InChI is InChI=1S/C22H31N3O4/c1-16(2)29-13-5-11-23-21(27)18-9-7-17(8-10-18)14-24-15-20(26)25-12-4-3-6-19(25)22(24)28/h7-10,16,19H,3-6,11-15H2,1-2H3,(H,23,27). The molecule has 1 N–H and O–H groups in total. The maximum atomic E-state index is 12.8. The fraction of sp³-hybridized carbons (Fsp3) is 0.591. The summed E-state index contributed by atoms with van der Waals surface area (Å²) in [5.74, 6) is -0.0512. The number of hydrogen-bond donors (Lipinski definition) is 1. The maximum Gasteiger partial charge on any atom is 0.251 e. The predicted molar refractivity (Wildman–Crippen MR) is 109 cm³/mol. The Hall–Kier alpha value is -2.41. The van der Waals surface area contributed by atoms with Gasteiger partial charge in [0, 0.05) is 31.8 Å². The number of ether oxygens (including phenoxy) is 1. The van der Waals surface area contributed by atoms with Gasteiger partial charge in [0.1, 0.15) is 12.6 Å². The Morgan fingerprint density at radius 1 is 1.21 bits per heavy atom. The van der Waals surface area contributed by atoms with Crippen molar-refractivity contribution in [2.45, 2.75) is 58.2 Å². The molecular formula is C22H31N3O4. The number of rotatable bonds is 8. The molecule has 2 aliphatic rings. The molecule has 29 heavy (non-hydrogen) atoms. The van der Waals surface area contributed by atoms with Gasteiger partial charge >= 0.3 is 0 Å². The molecule has 0 radical (unpaired) electrons. The van der Waals surface area contributed by atoms with E-state index in [-0.39, 0.29) is 36.4 Å². The fourth-order valence-corrected chi connectivity index (χ4v) is 3.84. The topological polar surface area (TPSA) is 79.0 Å². The Labute approximate surface area is 172 Å². The Bertz CT molecular complexity index is 732. The first-order valence-corrected chi connectivity index (χ1v) is 10.5. The highest BCUT2D eigenvalue weighted by Gasteiger charge is 2.40. The number of fused-ring (bicyclic) bond motifs is 1. The minimum absolute atomic E-state index is 0.0340. The molecule has 7 nitrogen and oxygen atoms in total. The minimum Gasteiger partial charge on any atom is -0.379 e. The summed E-state index contributed by atoms with van der Waals surface area (Å²) in [7, 11) is 0. The molecule has 0 aromatic heterocycles. The normalized spacial score (nSPS) is 19.5. The summed E-state index contributed by atoms with van der Waals surface area (Å²) in [6.07, 6.45) is 3.68. The summed E-state index contributed by atoms with van der Waals surface area (Å²) in [6, 6.07) is 6.93. The van der Waals surface area contributed by atoms with E-state index in [0.29, 0.717) is 31.8 Å². The van der Waals surface area contributed by atoms with E-state index in [2.05, 4.69) is 5.32 Å². The van der Waals surface area contributed by atoms with Gasteiger partial charge in [-0.2, -0.15) is 0 Å². The van der Waals surface area contributed by atoms with E-state index < -0.39 is 0 Å². The summed E-state index contributed by atoms with van der Waals surface area (Å²) in [6.45, 7) is 6.38. The molecule has 1 aromatic carbocycles. The number of benzene rings is 1. The Kier molecular flexibility index (Phi) is 7.25. The smallest absolute Gasteiger partial charge is 0.251 e. The molecule has 1 aromatic rings. The maximum absolute atomic E-state index is 12.8. The summed E-state index contributed by atoms with van der Waals surface area (Å²) in [5.41, 5.74) is 1.50. The molecule has 3 rings (SSSR count). The van der Waals surface area contributed by atoms with Crippen LogP contribution < -0.4 is 5.32 Å². The second kappa shape index (κ2) is 9.87. The largest absolute Gasteiger partial charge is 0.379 e. The van der Waals surface area contributed by atoms with Gasteiger partial charge in [-0.15, -0.1) is 0 Å². The van der Waals surface area contributed by atoms with Crippen molar-refractivity contribution < 1.29 is 19.1 Å². The van der Waals surface area contributed by atoms with E-state index in [1.165, 1.54) is 0 Å². The quantitative estimate of drug-likeness (QED) is 0.676. The number of nitrogens with zero attached hydrogens (tertiary/aromatic N) is 2. The number of nitrogens with one attached hydrogen (secondary N) is 1. The van der Waals surface area contributed by atoms with E-state index in [1.807, 2.05) is 26.0 Å². The summed E-state index contributed by atoms with van der Waals surface area (Å²) in [5, 5.41) is 2.88. The van der Waals surface area contributed by atoms with Gasteiger partial charge in [0.25, 0.3) is 5.91 Å². The van der Waals surface area contributed by atoms with Crippen LogP contribution in [0.2, 0.25) is 0 Å². The van der Waals surface area contributed by atoms with Crippen molar-refractivity contribution >= 4 is 17.7 Å². The zero-order valence-corrected chi connectivity index (χ0v) is 17.4. The van der Waals surface area contributed by atoms with Crippen LogP contribution >= 0.6 is 0 Å². The number of carbonyl (C=O) groups is 3. The molecule has 0 aliphatic carbocycles. The molecule has 0 bridgehead atoms. The minimum atomic E-state index is -0.297. The van der Waals surface area contributed by atoms with Crippen LogP contribution in [0.15, 0.2) is 24.3 Å². The molecule has 2 saturated heterocycles. The average molecular weight is 402 g/mol. The zero-order valence-electron chi connectivity index (χ0n) is 17.4. The highest BCUT2D eigenvalue weighted by molar-refractivity contribution is 5.95. The van der Waals surface area contributed by atoms with Crippen LogP contribution in [0.25, 0.3) is 0 Å². The van der Waals surface area contributed by atoms with Crippen LogP contribution in [0.3, 0.4) is 0 Å². The van der Waals surface area contributed by atoms with Crippen molar-refractivity contribution in [3.8, 4) is 0 Å². The van der Waals surface area contributed by atoms with Crippen molar-refractivity contribution in [2.24, 2.45) is 0 Å². The number of piperazine rings is 1. The summed E-state index contributed by atoms with van der Waals surface area (Å²) in [4.78, 5) is 40.7. The first kappa shape index (κ1) is 21.3. The number of piperidine rings is 1. The second-order valence-electron chi connectivity index (χ2n) is 8.02. The number of carbonyl (C=O) groups excluding carboxylic acids is 3. The molecule has 2 heterocycles. The van der Waals surface area contributed by atoms with Crippen LogP contribution in [0.4, 0.5) is 0 Å². The van der Waals surface area contributed by atoms with Crippen LogP contribution in [0.1, 0.15) is 55.5 Å². The van der Waals surface area contributed by atoms with Gasteiger partial charge in [-0.25, -0.2) is 0 Å². The van der Waals surface area contributed by atoms with Crippen molar-refractivity contribution in [3.63, 3.8) is 0 Å². The second-order valence-corrected chi connectivity index (χ2v) is 8.02. The third-order valence-electron chi connectivity index (χ3n) is 5.39. The Morgan fingerprint density at radius 2 is 1.97 bits per heavy atom. The first-order valence-electron chi connectivity index (χ1n) is 10.5. The van der Waals surface area contributed by atoms with Crippen LogP contribution in [0, 0.1) is 0 Å². The van der Waals surface area contributed by atoms with E-state index in [4.69, 9.17) is 4.74 Å². The lowest BCUT2D eigenvalue weighted by molar-refractivity contribution is -0.158. The van der Waals surface area contributed by atoms with Gasteiger partial charge < -0.3 is 19.9 Å². The fourth-order valence-electron chi connectivity index (χ4n) is 3.84. The van der Waals surface area contributed by atoms with Crippen molar-refractivity contribution in [1.82, 2.24) is 15.1 Å². The third-order valence-corrected chi connectivity index (χ3v) is 5.39. The van der Waals surface area contributed by atoms with Crippen LogP contribution in [0.5, 0.6) is 0 Å². The van der Waals surface area contributed by atoms with Crippen molar-refractivity contribution in [1.29, 1.82) is 0 Å². The number of hydrogen-bond acceptors (Lipinski definition) is 4. The molecular weight excluding hydrogens is 370 g/mol. The first-order chi connectivity index (χ1) is 14.0. The van der Waals surface area contributed by atoms with E-state index in [0.717, 1.165) is 31.2 Å². The van der Waals surface area contributed by atoms with E-state index in [1.54, 1.807) is 21.9 Å². The lowest BCUT2D eigenvalue weighted by Gasteiger charge is -2.42. The molecule has 158 valence electrons. The van der Waals surface area contributed by atoms with Crippen LogP contribution in [-0.2, 0) is 20.9 Å². The molecule has 0 saturated carbocycles. The summed E-state index contributed by atoms with van der Waals surface area (Å²) < 4.78 is 5.46. The van der Waals surface area contributed by atoms with E-state index >= 15 is 0 Å². The molecule has 1 unspecified atom stereocenters. The van der Waals surface area contributed by atoms with Gasteiger partial charge in [0.05, 0.1) is 6.10 Å².